The molecule has 2 atom stereocenters. The van der Waals surface area contributed by atoms with Crippen molar-refractivity contribution in [3.63, 3.8) is 0 Å². The van der Waals surface area contributed by atoms with Gasteiger partial charge in [-0.15, -0.1) is 0 Å². The van der Waals surface area contributed by atoms with Gasteiger partial charge in [-0.25, -0.2) is 0 Å². The maximum atomic E-state index is 12.2. The van der Waals surface area contributed by atoms with Crippen LogP contribution in [0.4, 0.5) is 5.69 Å². The molecular weight excluding hydrogens is 390 g/mol. The lowest BCUT2D eigenvalue weighted by Crippen LogP contribution is -2.36. The number of benzene rings is 2. The summed E-state index contributed by atoms with van der Waals surface area (Å²) in [5, 5.41) is 0. The topological polar surface area (TPSA) is 45.3 Å². The van der Waals surface area contributed by atoms with E-state index >= 15 is 0 Å². The van der Waals surface area contributed by atoms with Crippen LogP contribution < -0.4 is 4.90 Å². The van der Waals surface area contributed by atoms with E-state index in [1.54, 1.807) is 26.1 Å². The summed E-state index contributed by atoms with van der Waals surface area (Å²) in [4.78, 5) is 18.6. The second-order valence-corrected chi connectivity index (χ2v) is 8.32. The highest BCUT2D eigenvalue weighted by molar-refractivity contribution is 5.94. The third-order valence-corrected chi connectivity index (χ3v) is 5.88. The Balaban J connectivity index is 1.72. The number of hydrogen-bond donors (Lipinski definition) is 0. The summed E-state index contributed by atoms with van der Waals surface area (Å²) in [5.41, 5.74) is 3.08. The monoisotopic (exact) mass is 425 g/mol. The van der Waals surface area contributed by atoms with Crippen LogP contribution in [-0.4, -0.2) is 82.9 Å². The molecular formula is C25H35N3O3. The van der Waals surface area contributed by atoms with Gasteiger partial charge in [0, 0.05) is 59.1 Å². The fourth-order valence-corrected chi connectivity index (χ4v) is 4.05. The number of rotatable bonds is 10. The molecule has 1 aliphatic rings. The fraction of sp³-hybridized carbons (Fsp3) is 0.480. The van der Waals surface area contributed by atoms with Crippen LogP contribution in [0.1, 0.15) is 28.4 Å². The number of amides is 1. The predicted molar refractivity (Wildman–Crippen MR) is 125 cm³/mol. The average Bonchev–Trinajstić information content (AvgIpc) is 3.24. The summed E-state index contributed by atoms with van der Waals surface area (Å²) in [6, 6.07) is 18.7. The van der Waals surface area contributed by atoms with Gasteiger partial charge in [0.05, 0.1) is 25.4 Å². The maximum absolute atomic E-state index is 12.2. The molecule has 1 saturated heterocycles. The van der Waals surface area contributed by atoms with Crippen LogP contribution in [0.25, 0.3) is 0 Å². The molecule has 1 amide bonds. The lowest BCUT2D eigenvalue weighted by atomic mass is 10.0. The molecule has 0 aromatic heterocycles. The van der Waals surface area contributed by atoms with E-state index in [-0.39, 0.29) is 18.1 Å². The molecule has 3 rings (SSSR count). The van der Waals surface area contributed by atoms with Gasteiger partial charge in [0.2, 0.25) is 0 Å². The van der Waals surface area contributed by atoms with E-state index in [1.165, 1.54) is 5.56 Å². The summed E-state index contributed by atoms with van der Waals surface area (Å²) in [6.07, 6.45) is 1.32. The number of likely N-dealkylation sites (N-methyl/N-ethyl adjacent to an activating group) is 1. The molecule has 0 N–H and O–H groups in total. The third-order valence-electron chi connectivity index (χ3n) is 5.88. The molecule has 31 heavy (non-hydrogen) atoms. The number of likely N-dealkylation sites (tertiary alicyclic amines) is 1. The van der Waals surface area contributed by atoms with E-state index in [1.807, 2.05) is 24.3 Å². The Kier molecular flexibility index (Phi) is 8.46. The molecule has 1 heterocycles. The molecule has 168 valence electrons. The summed E-state index contributed by atoms with van der Waals surface area (Å²) in [7, 11) is 7.38. The Morgan fingerprint density at radius 2 is 1.77 bits per heavy atom. The first-order chi connectivity index (χ1) is 15.0. The van der Waals surface area contributed by atoms with Crippen LogP contribution in [0.15, 0.2) is 54.6 Å². The van der Waals surface area contributed by atoms with Crippen molar-refractivity contribution in [2.24, 2.45) is 0 Å². The number of hydrogen-bond acceptors (Lipinski definition) is 5. The molecule has 0 saturated carbocycles. The average molecular weight is 426 g/mol. The van der Waals surface area contributed by atoms with Crippen molar-refractivity contribution >= 4 is 11.6 Å². The summed E-state index contributed by atoms with van der Waals surface area (Å²) >= 11 is 0. The SMILES string of the molecule is COCCO[C@H]1CCN(C[C@H](c2ccccc2)N(C)c2ccc(C(=O)N(C)C)cc2)C1. The maximum Gasteiger partial charge on any atom is 0.253 e. The number of carbonyl (C=O) groups is 1. The highest BCUT2D eigenvalue weighted by Crippen LogP contribution is 2.28. The number of ether oxygens (including phenoxy) is 2. The van der Waals surface area contributed by atoms with Crippen molar-refractivity contribution in [3.05, 3.63) is 65.7 Å². The van der Waals surface area contributed by atoms with E-state index < -0.39 is 0 Å². The van der Waals surface area contributed by atoms with E-state index in [2.05, 4.69) is 47.2 Å². The van der Waals surface area contributed by atoms with Gasteiger partial charge in [-0.05, 0) is 36.2 Å². The predicted octanol–water partition coefficient (Wildman–Crippen LogP) is 3.30. The van der Waals surface area contributed by atoms with Crippen LogP contribution in [-0.2, 0) is 9.47 Å². The van der Waals surface area contributed by atoms with Crippen LogP contribution >= 0.6 is 0 Å². The van der Waals surface area contributed by atoms with Crippen molar-refractivity contribution in [2.75, 3.05) is 66.0 Å². The molecule has 0 aliphatic carbocycles. The lowest BCUT2D eigenvalue weighted by molar-refractivity contribution is 0.0219. The first kappa shape index (κ1) is 23.3. The second kappa shape index (κ2) is 11.3. The number of methoxy groups -OCH3 is 1. The van der Waals surface area contributed by atoms with Crippen molar-refractivity contribution in [1.82, 2.24) is 9.80 Å². The van der Waals surface area contributed by atoms with Crippen molar-refractivity contribution < 1.29 is 14.3 Å². The molecule has 0 spiro atoms. The van der Waals surface area contributed by atoms with Gasteiger partial charge < -0.3 is 19.3 Å². The number of anilines is 1. The van der Waals surface area contributed by atoms with Crippen LogP contribution in [0.2, 0.25) is 0 Å². The lowest BCUT2D eigenvalue weighted by Gasteiger charge is -2.34. The molecule has 0 radical (unpaired) electrons. The minimum absolute atomic E-state index is 0.0189. The summed E-state index contributed by atoms with van der Waals surface area (Å²) in [6.45, 7) is 4.18. The zero-order chi connectivity index (χ0) is 22.2. The van der Waals surface area contributed by atoms with Gasteiger partial charge in [-0.2, -0.15) is 0 Å². The standard InChI is InChI=1S/C25H35N3O3/c1-26(2)25(29)21-10-12-22(13-11-21)27(3)24(20-8-6-5-7-9-20)19-28-15-14-23(18-28)31-17-16-30-4/h5-13,23-24H,14-19H2,1-4H3/t23-,24+/m0/s1. The molecule has 1 fully saturated rings. The van der Waals surface area contributed by atoms with E-state index in [4.69, 9.17) is 9.47 Å². The molecule has 2 aromatic rings. The molecule has 2 aromatic carbocycles. The first-order valence-electron chi connectivity index (χ1n) is 10.9. The number of nitrogens with zero attached hydrogens (tertiary/aromatic N) is 3. The minimum Gasteiger partial charge on any atom is -0.382 e. The van der Waals surface area contributed by atoms with Crippen molar-refractivity contribution in [1.29, 1.82) is 0 Å². The molecule has 6 nitrogen and oxygen atoms in total. The van der Waals surface area contributed by atoms with E-state index in [0.717, 1.165) is 31.7 Å². The van der Waals surface area contributed by atoms with Gasteiger partial charge in [0.25, 0.3) is 5.91 Å². The molecule has 6 heteroatoms. The Morgan fingerprint density at radius 3 is 2.42 bits per heavy atom. The normalized spacial score (nSPS) is 17.5. The van der Waals surface area contributed by atoms with E-state index in [0.29, 0.717) is 18.8 Å². The van der Waals surface area contributed by atoms with Crippen molar-refractivity contribution in [2.45, 2.75) is 18.6 Å². The Labute approximate surface area is 186 Å². The molecule has 0 bridgehead atoms. The summed E-state index contributed by atoms with van der Waals surface area (Å²) in [5.74, 6) is 0.0189. The highest BCUT2D eigenvalue weighted by atomic mass is 16.5. The Morgan fingerprint density at radius 1 is 1.06 bits per heavy atom. The zero-order valence-electron chi connectivity index (χ0n) is 19.2. The van der Waals surface area contributed by atoms with Gasteiger partial charge in [-0.3, -0.25) is 9.69 Å². The quantitative estimate of drug-likeness (QED) is 0.547. The van der Waals surface area contributed by atoms with Crippen LogP contribution in [0.3, 0.4) is 0 Å². The van der Waals surface area contributed by atoms with Gasteiger partial charge in [0.15, 0.2) is 0 Å². The highest BCUT2D eigenvalue weighted by Gasteiger charge is 2.27. The first-order valence-corrected chi connectivity index (χ1v) is 10.9. The van der Waals surface area contributed by atoms with Crippen LogP contribution in [0.5, 0.6) is 0 Å². The van der Waals surface area contributed by atoms with Crippen LogP contribution in [0, 0.1) is 0 Å². The summed E-state index contributed by atoms with van der Waals surface area (Å²) < 4.78 is 11.0. The third kappa shape index (κ3) is 6.29. The zero-order valence-corrected chi connectivity index (χ0v) is 19.2. The second-order valence-electron chi connectivity index (χ2n) is 8.32. The van der Waals surface area contributed by atoms with E-state index in [9.17, 15) is 4.79 Å². The van der Waals surface area contributed by atoms with Gasteiger partial charge >= 0.3 is 0 Å². The minimum atomic E-state index is 0.0189. The fourth-order valence-electron chi connectivity index (χ4n) is 4.05. The Hall–Kier alpha value is -2.41. The Bertz CT molecular complexity index is 811. The van der Waals surface area contributed by atoms with Gasteiger partial charge in [-0.1, -0.05) is 30.3 Å². The number of carbonyl (C=O) groups excluding carboxylic acids is 1. The van der Waals surface area contributed by atoms with Gasteiger partial charge in [0.1, 0.15) is 0 Å². The molecule has 1 aliphatic heterocycles. The smallest absolute Gasteiger partial charge is 0.253 e. The largest absolute Gasteiger partial charge is 0.382 e. The van der Waals surface area contributed by atoms with Crippen molar-refractivity contribution in [3.8, 4) is 0 Å². The molecule has 0 unspecified atom stereocenters.